The number of nitrogens with zero attached hydrogens (tertiary/aromatic N) is 2. The maximum Gasteiger partial charge on any atom is 0.122 e. The van der Waals surface area contributed by atoms with E-state index in [0.717, 1.165) is 0 Å². The van der Waals surface area contributed by atoms with E-state index in [0.29, 0.717) is 11.1 Å². The Hall–Kier alpha value is -1.89. The quantitative estimate of drug-likeness (QED) is 0.670. The summed E-state index contributed by atoms with van der Waals surface area (Å²) in [5.41, 5.74) is 0.797. The van der Waals surface area contributed by atoms with Crippen LogP contribution in [0, 0.1) is 16.2 Å². The summed E-state index contributed by atoms with van der Waals surface area (Å²) in [4.78, 5) is 9.85. The average molecular weight is 162 g/mol. The van der Waals surface area contributed by atoms with E-state index >= 15 is 0 Å². The Morgan fingerprint density at radius 3 is 2.83 bits per heavy atom. The maximum atomic E-state index is 9.85. The van der Waals surface area contributed by atoms with E-state index in [4.69, 9.17) is 5.26 Å². The van der Waals surface area contributed by atoms with E-state index in [2.05, 4.69) is 5.18 Å². The van der Waals surface area contributed by atoms with Gasteiger partial charge in [-0.15, -0.1) is 0 Å². The molecule has 1 aromatic carbocycles. The Kier molecular flexibility index (Phi) is 2.38. The predicted octanol–water partition coefficient (Wildman–Crippen LogP) is 1.53. The first-order valence-corrected chi connectivity index (χ1v) is 3.29. The van der Waals surface area contributed by atoms with E-state index in [9.17, 15) is 10.0 Å². The van der Waals surface area contributed by atoms with Gasteiger partial charge < -0.3 is 5.11 Å². The van der Waals surface area contributed by atoms with Crippen molar-refractivity contribution >= 4 is 0 Å². The van der Waals surface area contributed by atoms with Gasteiger partial charge in [-0.3, -0.25) is 0 Å². The van der Waals surface area contributed by atoms with Crippen molar-refractivity contribution in [3.05, 3.63) is 34.2 Å². The highest BCUT2D eigenvalue weighted by Gasteiger charge is 2.01. The molecule has 0 amide bonds. The topological polar surface area (TPSA) is 73.5 Å². The molecule has 0 saturated carbocycles. The van der Waals surface area contributed by atoms with Gasteiger partial charge in [-0.1, -0.05) is 11.2 Å². The molecule has 0 fully saturated rings. The average Bonchev–Trinajstić information content (AvgIpc) is 2.09. The summed E-state index contributed by atoms with van der Waals surface area (Å²) < 4.78 is 0. The first kappa shape index (κ1) is 8.21. The van der Waals surface area contributed by atoms with Crippen molar-refractivity contribution in [3.63, 3.8) is 0 Å². The van der Waals surface area contributed by atoms with E-state index in [-0.39, 0.29) is 12.3 Å². The minimum Gasteiger partial charge on any atom is -0.508 e. The highest BCUT2D eigenvalue weighted by Crippen LogP contribution is 2.18. The van der Waals surface area contributed by atoms with Crippen LogP contribution in [-0.2, 0) is 6.54 Å². The molecule has 0 aliphatic carbocycles. The third kappa shape index (κ3) is 1.58. The fourth-order valence-electron chi connectivity index (χ4n) is 0.837. The van der Waals surface area contributed by atoms with Gasteiger partial charge in [0.05, 0.1) is 11.6 Å². The largest absolute Gasteiger partial charge is 0.508 e. The lowest BCUT2D eigenvalue weighted by atomic mass is 10.1. The van der Waals surface area contributed by atoms with E-state index in [1.807, 2.05) is 6.07 Å². The molecule has 0 bridgehead atoms. The minimum absolute atomic E-state index is 0.0614. The molecule has 0 radical (unpaired) electrons. The van der Waals surface area contributed by atoms with Crippen molar-refractivity contribution in [2.75, 3.05) is 0 Å². The van der Waals surface area contributed by atoms with Crippen LogP contribution in [0.5, 0.6) is 5.75 Å². The number of nitriles is 1. The lowest BCUT2D eigenvalue weighted by Crippen LogP contribution is -1.83. The molecule has 1 aromatic rings. The van der Waals surface area contributed by atoms with Gasteiger partial charge in [0.15, 0.2) is 0 Å². The van der Waals surface area contributed by atoms with Gasteiger partial charge >= 0.3 is 0 Å². The molecule has 0 spiro atoms. The molecular weight excluding hydrogens is 156 g/mol. The number of rotatable bonds is 2. The monoisotopic (exact) mass is 162 g/mol. The number of phenols is 1. The maximum absolute atomic E-state index is 9.85. The van der Waals surface area contributed by atoms with Crippen LogP contribution in [0.1, 0.15) is 11.1 Å². The molecule has 0 heterocycles. The highest BCUT2D eigenvalue weighted by molar-refractivity contribution is 5.41. The third-order valence-electron chi connectivity index (χ3n) is 1.45. The molecule has 0 aliphatic heterocycles. The normalized spacial score (nSPS) is 8.92. The Morgan fingerprint density at radius 1 is 1.58 bits per heavy atom. The number of benzene rings is 1. The van der Waals surface area contributed by atoms with Crippen LogP contribution < -0.4 is 0 Å². The molecule has 0 unspecified atom stereocenters. The lowest BCUT2D eigenvalue weighted by molar-refractivity contribution is 0.468. The summed E-state index contributed by atoms with van der Waals surface area (Å²) in [6.45, 7) is -0.0719. The summed E-state index contributed by atoms with van der Waals surface area (Å²) in [7, 11) is 0. The van der Waals surface area contributed by atoms with Gasteiger partial charge in [0.1, 0.15) is 12.3 Å². The third-order valence-corrected chi connectivity index (χ3v) is 1.45. The van der Waals surface area contributed by atoms with Crippen molar-refractivity contribution in [2.24, 2.45) is 5.18 Å². The zero-order valence-corrected chi connectivity index (χ0v) is 6.19. The molecular formula is C8H6N2O2. The van der Waals surface area contributed by atoms with Crippen molar-refractivity contribution in [3.8, 4) is 11.8 Å². The highest BCUT2D eigenvalue weighted by atomic mass is 16.3. The molecule has 12 heavy (non-hydrogen) atoms. The zero-order chi connectivity index (χ0) is 8.97. The fraction of sp³-hybridized carbons (Fsp3) is 0.125. The van der Waals surface area contributed by atoms with Crippen molar-refractivity contribution in [1.82, 2.24) is 0 Å². The van der Waals surface area contributed by atoms with Gasteiger partial charge in [-0.05, 0) is 12.1 Å². The summed E-state index contributed by atoms with van der Waals surface area (Å²) in [6, 6.07) is 6.21. The molecule has 4 nitrogen and oxygen atoms in total. The number of phenolic OH excluding ortho intramolecular Hbond substituents is 1. The standard InChI is InChI=1S/C8H6N2O2/c9-4-6-1-2-7(5-10-12)8(11)3-6/h1-3,11H,5H2. The van der Waals surface area contributed by atoms with E-state index in [1.165, 1.54) is 18.2 Å². The second kappa shape index (κ2) is 3.49. The minimum atomic E-state index is -0.0719. The second-order valence-corrected chi connectivity index (χ2v) is 2.24. The molecule has 0 atom stereocenters. The molecule has 0 aromatic heterocycles. The number of aromatic hydroxyl groups is 1. The fourth-order valence-corrected chi connectivity index (χ4v) is 0.837. The number of nitroso groups, excluding NO2 is 1. The number of hydrogen-bond acceptors (Lipinski definition) is 4. The van der Waals surface area contributed by atoms with E-state index < -0.39 is 0 Å². The predicted molar refractivity (Wildman–Crippen MR) is 42.3 cm³/mol. The first-order chi connectivity index (χ1) is 5.77. The Bertz CT molecular complexity index is 341. The molecule has 4 heteroatoms. The summed E-state index contributed by atoms with van der Waals surface area (Å²) in [5.74, 6) is -0.0614. The molecule has 1 rings (SSSR count). The van der Waals surface area contributed by atoms with Crippen molar-refractivity contribution in [1.29, 1.82) is 5.26 Å². The Balaban J connectivity index is 3.04. The van der Waals surface area contributed by atoms with Crippen LogP contribution in [0.3, 0.4) is 0 Å². The molecule has 60 valence electrons. The van der Waals surface area contributed by atoms with Gasteiger partial charge in [-0.25, -0.2) is 0 Å². The lowest BCUT2D eigenvalue weighted by Gasteiger charge is -1.98. The summed E-state index contributed by atoms with van der Waals surface area (Å²) >= 11 is 0. The van der Waals surface area contributed by atoms with Crippen LogP contribution >= 0.6 is 0 Å². The van der Waals surface area contributed by atoms with Crippen LogP contribution in [-0.4, -0.2) is 5.11 Å². The van der Waals surface area contributed by atoms with Crippen LogP contribution in [0.2, 0.25) is 0 Å². The summed E-state index contributed by atoms with van der Waals surface area (Å²) in [6.07, 6.45) is 0. The Labute approximate surface area is 69.0 Å². The van der Waals surface area contributed by atoms with Crippen LogP contribution in [0.4, 0.5) is 0 Å². The zero-order valence-electron chi connectivity index (χ0n) is 6.19. The van der Waals surface area contributed by atoms with Gasteiger partial charge in [0.25, 0.3) is 0 Å². The van der Waals surface area contributed by atoms with Crippen molar-refractivity contribution in [2.45, 2.75) is 6.54 Å². The van der Waals surface area contributed by atoms with Crippen LogP contribution in [0.25, 0.3) is 0 Å². The second-order valence-electron chi connectivity index (χ2n) is 2.24. The first-order valence-electron chi connectivity index (χ1n) is 3.29. The van der Waals surface area contributed by atoms with Gasteiger partial charge in [0, 0.05) is 5.56 Å². The van der Waals surface area contributed by atoms with Crippen molar-refractivity contribution < 1.29 is 5.11 Å². The molecule has 0 saturated heterocycles. The van der Waals surface area contributed by atoms with E-state index in [1.54, 1.807) is 0 Å². The SMILES string of the molecule is N#Cc1ccc(CN=O)c(O)c1. The molecule has 1 N–H and O–H groups in total. The van der Waals surface area contributed by atoms with Crippen LogP contribution in [0.15, 0.2) is 23.4 Å². The van der Waals surface area contributed by atoms with Gasteiger partial charge in [-0.2, -0.15) is 10.2 Å². The van der Waals surface area contributed by atoms with Gasteiger partial charge in [0.2, 0.25) is 0 Å². The summed E-state index contributed by atoms with van der Waals surface area (Å²) in [5, 5.41) is 20.3. The smallest absolute Gasteiger partial charge is 0.122 e. The molecule has 0 aliphatic rings. The number of hydrogen-bond donors (Lipinski definition) is 1. The Morgan fingerprint density at radius 2 is 2.33 bits per heavy atom.